The Bertz CT molecular complexity index is 512. The quantitative estimate of drug-likeness (QED) is 0.595. The fourth-order valence-electron chi connectivity index (χ4n) is 1.16. The zero-order valence-electron chi connectivity index (χ0n) is 8.72. The number of nitro groups is 1. The summed E-state index contributed by atoms with van der Waals surface area (Å²) < 4.78 is 25.3. The molecule has 0 aromatic heterocycles. The summed E-state index contributed by atoms with van der Waals surface area (Å²) in [4.78, 5) is 9.75. The fourth-order valence-corrected chi connectivity index (χ4v) is 2.12. The number of rotatable bonds is 4. The van der Waals surface area contributed by atoms with Crippen molar-refractivity contribution in [2.45, 2.75) is 4.90 Å². The molecule has 0 saturated carbocycles. The summed E-state index contributed by atoms with van der Waals surface area (Å²) in [6.45, 7) is 0. The first-order valence-electron chi connectivity index (χ1n) is 4.32. The van der Waals surface area contributed by atoms with E-state index in [1.165, 1.54) is 26.2 Å². The van der Waals surface area contributed by atoms with E-state index in [2.05, 4.69) is 10.0 Å². The van der Waals surface area contributed by atoms with Crippen molar-refractivity contribution in [3.05, 3.63) is 28.3 Å². The zero-order valence-corrected chi connectivity index (χ0v) is 9.54. The van der Waals surface area contributed by atoms with Crippen LogP contribution in [0.1, 0.15) is 0 Å². The first kappa shape index (κ1) is 12.4. The number of sulfonamides is 1. The third-order valence-electron chi connectivity index (χ3n) is 2.00. The van der Waals surface area contributed by atoms with Gasteiger partial charge in [0.25, 0.3) is 5.69 Å². The van der Waals surface area contributed by atoms with Gasteiger partial charge >= 0.3 is 0 Å². The highest BCUT2D eigenvalue weighted by atomic mass is 32.2. The number of non-ortho nitro benzene ring substituents is 1. The molecule has 0 spiro atoms. The molecule has 0 bridgehead atoms. The molecule has 0 radical (unpaired) electrons. The molecule has 1 aromatic rings. The van der Waals surface area contributed by atoms with Crippen molar-refractivity contribution < 1.29 is 13.3 Å². The summed E-state index contributed by atoms with van der Waals surface area (Å²) in [5, 5.41) is 13.2. The molecule has 0 atom stereocenters. The van der Waals surface area contributed by atoms with Gasteiger partial charge in [0.1, 0.15) is 4.90 Å². The first-order valence-corrected chi connectivity index (χ1v) is 5.80. The minimum absolute atomic E-state index is 0.147. The monoisotopic (exact) mass is 245 g/mol. The minimum atomic E-state index is -3.71. The van der Waals surface area contributed by atoms with E-state index in [9.17, 15) is 18.5 Å². The molecule has 0 aliphatic rings. The molecule has 0 aliphatic heterocycles. The topological polar surface area (TPSA) is 101 Å². The lowest BCUT2D eigenvalue weighted by atomic mass is 10.3. The summed E-state index contributed by atoms with van der Waals surface area (Å²) in [7, 11) is -0.933. The van der Waals surface area contributed by atoms with Crippen molar-refractivity contribution in [1.29, 1.82) is 0 Å². The van der Waals surface area contributed by atoms with Crippen molar-refractivity contribution in [3.8, 4) is 0 Å². The van der Waals surface area contributed by atoms with E-state index in [4.69, 9.17) is 0 Å². The molecule has 0 amide bonds. The molecule has 0 saturated heterocycles. The van der Waals surface area contributed by atoms with Crippen molar-refractivity contribution in [1.82, 2.24) is 4.72 Å². The Kier molecular flexibility index (Phi) is 3.45. The Morgan fingerprint density at radius 1 is 1.31 bits per heavy atom. The molecule has 16 heavy (non-hydrogen) atoms. The third-order valence-corrected chi connectivity index (χ3v) is 3.46. The lowest BCUT2D eigenvalue weighted by Gasteiger charge is -2.08. The molecule has 2 N–H and O–H groups in total. The predicted molar refractivity (Wildman–Crippen MR) is 58.9 cm³/mol. The van der Waals surface area contributed by atoms with Crippen LogP contribution in [0.5, 0.6) is 0 Å². The second-order valence-corrected chi connectivity index (χ2v) is 4.75. The molecule has 0 unspecified atom stereocenters. The van der Waals surface area contributed by atoms with E-state index in [0.717, 1.165) is 6.07 Å². The fraction of sp³-hybridized carbons (Fsp3) is 0.250. The van der Waals surface area contributed by atoms with Crippen molar-refractivity contribution in [2.24, 2.45) is 0 Å². The van der Waals surface area contributed by atoms with Gasteiger partial charge in [-0.3, -0.25) is 10.1 Å². The van der Waals surface area contributed by atoms with Crippen LogP contribution in [0.2, 0.25) is 0 Å². The SMILES string of the molecule is CNc1ccc([N+](=O)[O-])cc1S(=O)(=O)NC. The number of nitrogens with zero attached hydrogens (tertiary/aromatic N) is 1. The Labute approximate surface area is 92.7 Å². The van der Waals surface area contributed by atoms with Crippen LogP contribution in [0, 0.1) is 10.1 Å². The van der Waals surface area contributed by atoms with E-state index < -0.39 is 14.9 Å². The maximum Gasteiger partial charge on any atom is 0.270 e. The van der Waals surface area contributed by atoms with Gasteiger partial charge < -0.3 is 5.32 Å². The lowest BCUT2D eigenvalue weighted by molar-refractivity contribution is -0.385. The maximum absolute atomic E-state index is 11.6. The highest BCUT2D eigenvalue weighted by Crippen LogP contribution is 2.25. The average molecular weight is 245 g/mol. The second kappa shape index (κ2) is 4.45. The molecule has 1 aromatic carbocycles. The smallest absolute Gasteiger partial charge is 0.270 e. The first-order chi connectivity index (χ1) is 7.42. The van der Waals surface area contributed by atoms with E-state index in [0.29, 0.717) is 5.69 Å². The lowest BCUT2D eigenvalue weighted by Crippen LogP contribution is -2.20. The van der Waals surface area contributed by atoms with Gasteiger partial charge in [0.15, 0.2) is 0 Å². The van der Waals surface area contributed by atoms with Crippen molar-refractivity contribution in [3.63, 3.8) is 0 Å². The molecule has 88 valence electrons. The molecule has 0 aliphatic carbocycles. The summed E-state index contributed by atoms with van der Waals surface area (Å²) in [6, 6.07) is 3.60. The van der Waals surface area contributed by atoms with Crippen LogP contribution in [-0.2, 0) is 10.0 Å². The summed E-state index contributed by atoms with van der Waals surface area (Å²) in [5.74, 6) is 0. The van der Waals surface area contributed by atoms with Gasteiger partial charge in [-0.15, -0.1) is 0 Å². The standard InChI is InChI=1S/C8H11N3O4S/c1-9-7-4-3-6(11(12)13)5-8(7)16(14,15)10-2/h3-5,9-10H,1-2H3. The van der Waals surface area contributed by atoms with Crippen molar-refractivity contribution >= 4 is 21.4 Å². The van der Waals surface area contributed by atoms with E-state index in [1.54, 1.807) is 0 Å². The number of hydrogen-bond donors (Lipinski definition) is 2. The molecule has 0 fully saturated rings. The Balaban J connectivity index is 3.45. The molecule has 7 nitrogen and oxygen atoms in total. The van der Waals surface area contributed by atoms with Gasteiger partial charge in [-0.25, -0.2) is 13.1 Å². The normalized spacial score (nSPS) is 11.1. The molecule has 1 rings (SSSR count). The van der Waals surface area contributed by atoms with Crippen LogP contribution >= 0.6 is 0 Å². The van der Waals surface area contributed by atoms with E-state index in [-0.39, 0.29) is 10.6 Å². The van der Waals surface area contributed by atoms with Gasteiger partial charge in [-0.05, 0) is 13.1 Å². The molecular formula is C8H11N3O4S. The van der Waals surface area contributed by atoms with Crippen molar-refractivity contribution in [2.75, 3.05) is 19.4 Å². The van der Waals surface area contributed by atoms with Crippen LogP contribution in [0.15, 0.2) is 23.1 Å². The number of benzene rings is 1. The van der Waals surface area contributed by atoms with Crippen LogP contribution < -0.4 is 10.0 Å². The van der Waals surface area contributed by atoms with Gasteiger partial charge in [0.05, 0.1) is 10.6 Å². The average Bonchev–Trinajstić information content (AvgIpc) is 2.28. The Hall–Kier alpha value is -1.67. The largest absolute Gasteiger partial charge is 0.387 e. The Morgan fingerprint density at radius 3 is 2.38 bits per heavy atom. The summed E-state index contributed by atoms with van der Waals surface area (Å²) in [6.07, 6.45) is 0. The number of nitro benzene ring substituents is 1. The Morgan fingerprint density at radius 2 is 1.94 bits per heavy atom. The molecule has 0 heterocycles. The maximum atomic E-state index is 11.6. The highest BCUT2D eigenvalue weighted by Gasteiger charge is 2.20. The number of nitrogens with one attached hydrogen (secondary N) is 2. The van der Waals surface area contributed by atoms with E-state index in [1.807, 2.05) is 0 Å². The van der Waals surface area contributed by atoms with Gasteiger partial charge in [-0.2, -0.15) is 0 Å². The molecule has 8 heteroatoms. The van der Waals surface area contributed by atoms with Gasteiger partial charge in [-0.1, -0.05) is 0 Å². The predicted octanol–water partition coefficient (Wildman–Crippen LogP) is 0.545. The highest BCUT2D eigenvalue weighted by molar-refractivity contribution is 7.89. The number of hydrogen-bond acceptors (Lipinski definition) is 5. The van der Waals surface area contributed by atoms with Crippen LogP contribution in [-0.4, -0.2) is 27.4 Å². The number of anilines is 1. The minimum Gasteiger partial charge on any atom is -0.387 e. The summed E-state index contributed by atoms with van der Waals surface area (Å²) >= 11 is 0. The van der Waals surface area contributed by atoms with E-state index >= 15 is 0 Å². The van der Waals surface area contributed by atoms with Crippen LogP contribution in [0.3, 0.4) is 0 Å². The second-order valence-electron chi connectivity index (χ2n) is 2.90. The summed E-state index contributed by atoms with van der Waals surface area (Å²) in [5.41, 5.74) is 0.0350. The van der Waals surface area contributed by atoms with Gasteiger partial charge in [0, 0.05) is 19.2 Å². The van der Waals surface area contributed by atoms with Gasteiger partial charge in [0.2, 0.25) is 10.0 Å². The third kappa shape index (κ3) is 2.28. The van der Waals surface area contributed by atoms with Crippen LogP contribution in [0.4, 0.5) is 11.4 Å². The van der Waals surface area contributed by atoms with Crippen LogP contribution in [0.25, 0.3) is 0 Å². The molecular weight excluding hydrogens is 234 g/mol. The zero-order chi connectivity index (χ0) is 12.3.